The van der Waals surface area contributed by atoms with Crippen LogP contribution < -0.4 is 10.1 Å². The third-order valence-electron chi connectivity index (χ3n) is 3.57. The van der Waals surface area contributed by atoms with Gasteiger partial charge in [-0.05, 0) is 42.0 Å². The number of rotatable bonds is 7. The molecular formula is C17H19N2O4P. The summed E-state index contributed by atoms with van der Waals surface area (Å²) in [5, 5.41) is 12.0. The Hall–Kier alpha value is -2.32. The standard InChI is InChI=1S/C17H19N2O4P/c1-21-16-10-6-14(7-11-16)17(24(20,22-2)23-3)19-15-8-4-13(12-18)5-9-15/h4-11,17,19H,1-3H3. The van der Waals surface area contributed by atoms with Crippen LogP contribution in [0.25, 0.3) is 0 Å². The van der Waals surface area contributed by atoms with Crippen LogP contribution in [0.4, 0.5) is 5.69 Å². The highest BCUT2D eigenvalue weighted by Crippen LogP contribution is 2.59. The summed E-state index contributed by atoms with van der Waals surface area (Å²) in [6.07, 6.45) is 0. The maximum Gasteiger partial charge on any atom is 0.356 e. The molecule has 24 heavy (non-hydrogen) atoms. The minimum atomic E-state index is -3.44. The zero-order valence-electron chi connectivity index (χ0n) is 13.7. The predicted octanol–water partition coefficient (Wildman–Crippen LogP) is 4.16. The molecule has 0 aliphatic carbocycles. The molecule has 7 heteroatoms. The first-order chi connectivity index (χ1) is 11.6. The average molecular weight is 346 g/mol. The maximum atomic E-state index is 12.9. The molecule has 0 spiro atoms. The van der Waals surface area contributed by atoms with Crippen molar-refractivity contribution in [1.29, 1.82) is 5.26 Å². The van der Waals surface area contributed by atoms with E-state index in [0.29, 0.717) is 17.0 Å². The first-order valence-corrected chi connectivity index (χ1v) is 8.79. The van der Waals surface area contributed by atoms with Crippen LogP contribution in [0.1, 0.15) is 16.9 Å². The van der Waals surface area contributed by atoms with E-state index in [-0.39, 0.29) is 0 Å². The molecule has 6 nitrogen and oxygen atoms in total. The van der Waals surface area contributed by atoms with Gasteiger partial charge in [-0.2, -0.15) is 5.26 Å². The van der Waals surface area contributed by atoms with Gasteiger partial charge in [-0.3, -0.25) is 4.57 Å². The molecule has 1 atom stereocenters. The van der Waals surface area contributed by atoms with E-state index in [9.17, 15) is 4.57 Å². The first-order valence-electron chi connectivity index (χ1n) is 7.18. The summed E-state index contributed by atoms with van der Waals surface area (Å²) in [4.78, 5) is 0. The lowest BCUT2D eigenvalue weighted by atomic mass is 10.2. The molecule has 0 amide bonds. The summed E-state index contributed by atoms with van der Waals surface area (Å²) < 4.78 is 28.4. The molecule has 0 radical (unpaired) electrons. The number of hydrogen-bond donors (Lipinski definition) is 1. The molecule has 0 saturated heterocycles. The average Bonchev–Trinajstić information content (AvgIpc) is 2.66. The molecule has 0 aromatic heterocycles. The van der Waals surface area contributed by atoms with Crippen LogP contribution >= 0.6 is 7.60 Å². The van der Waals surface area contributed by atoms with E-state index in [1.54, 1.807) is 55.6 Å². The molecule has 0 aliphatic heterocycles. The molecule has 0 aliphatic rings. The Balaban J connectivity index is 2.38. The lowest BCUT2D eigenvalue weighted by molar-refractivity contribution is 0.268. The lowest BCUT2D eigenvalue weighted by Gasteiger charge is -2.26. The second kappa shape index (κ2) is 7.98. The molecule has 0 saturated carbocycles. The Kier molecular flexibility index (Phi) is 5.99. The second-order valence-electron chi connectivity index (χ2n) is 4.91. The number of anilines is 1. The Morgan fingerprint density at radius 3 is 2.04 bits per heavy atom. The fraction of sp³-hybridized carbons (Fsp3) is 0.235. The third-order valence-corrected chi connectivity index (χ3v) is 5.65. The van der Waals surface area contributed by atoms with E-state index < -0.39 is 13.4 Å². The number of nitrogens with one attached hydrogen (secondary N) is 1. The largest absolute Gasteiger partial charge is 0.497 e. The molecular weight excluding hydrogens is 327 g/mol. The molecule has 2 aromatic carbocycles. The van der Waals surface area contributed by atoms with Crippen molar-refractivity contribution in [2.24, 2.45) is 0 Å². The molecule has 1 unspecified atom stereocenters. The number of nitrogens with zero attached hydrogens (tertiary/aromatic N) is 1. The number of nitriles is 1. The normalized spacial score (nSPS) is 12.2. The zero-order valence-corrected chi connectivity index (χ0v) is 14.6. The van der Waals surface area contributed by atoms with Crippen LogP contribution in [0.15, 0.2) is 48.5 Å². The summed E-state index contributed by atoms with van der Waals surface area (Å²) in [6.45, 7) is 0. The molecule has 2 aromatic rings. The third kappa shape index (κ3) is 3.95. The smallest absolute Gasteiger partial charge is 0.356 e. The van der Waals surface area contributed by atoms with E-state index in [1.807, 2.05) is 0 Å². The van der Waals surface area contributed by atoms with Crippen molar-refractivity contribution in [3.05, 3.63) is 59.7 Å². The van der Waals surface area contributed by atoms with Crippen molar-refractivity contribution in [3.63, 3.8) is 0 Å². The van der Waals surface area contributed by atoms with E-state index >= 15 is 0 Å². The minimum Gasteiger partial charge on any atom is -0.497 e. The van der Waals surface area contributed by atoms with Crippen molar-refractivity contribution in [3.8, 4) is 11.8 Å². The second-order valence-corrected chi connectivity index (χ2v) is 7.24. The van der Waals surface area contributed by atoms with Gasteiger partial charge in [-0.25, -0.2) is 0 Å². The van der Waals surface area contributed by atoms with Crippen molar-refractivity contribution in [2.45, 2.75) is 5.78 Å². The quantitative estimate of drug-likeness (QED) is 0.758. The fourth-order valence-electron chi connectivity index (χ4n) is 2.22. The topological polar surface area (TPSA) is 80.6 Å². The van der Waals surface area contributed by atoms with Gasteiger partial charge in [-0.15, -0.1) is 0 Å². The summed E-state index contributed by atoms with van der Waals surface area (Å²) >= 11 is 0. The monoisotopic (exact) mass is 346 g/mol. The van der Waals surface area contributed by atoms with E-state index in [4.69, 9.17) is 19.0 Å². The Morgan fingerprint density at radius 2 is 1.58 bits per heavy atom. The molecule has 1 N–H and O–H groups in total. The van der Waals surface area contributed by atoms with Gasteiger partial charge < -0.3 is 19.1 Å². The zero-order chi connectivity index (χ0) is 17.6. The number of hydrogen-bond acceptors (Lipinski definition) is 6. The highest BCUT2D eigenvalue weighted by atomic mass is 31.2. The molecule has 0 heterocycles. The van der Waals surface area contributed by atoms with Crippen molar-refractivity contribution >= 4 is 13.3 Å². The minimum absolute atomic E-state index is 0.545. The van der Waals surface area contributed by atoms with Gasteiger partial charge >= 0.3 is 7.60 Å². The molecule has 126 valence electrons. The van der Waals surface area contributed by atoms with E-state index in [1.165, 1.54) is 14.2 Å². The maximum absolute atomic E-state index is 12.9. The lowest BCUT2D eigenvalue weighted by Crippen LogP contribution is -2.13. The highest BCUT2D eigenvalue weighted by molar-refractivity contribution is 7.54. The van der Waals surface area contributed by atoms with Crippen LogP contribution in [0, 0.1) is 11.3 Å². The summed E-state index contributed by atoms with van der Waals surface area (Å²) in [5.74, 6) is -0.00752. The van der Waals surface area contributed by atoms with Crippen LogP contribution in [0.3, 0.4) is 0 Å². The van der Waals surface area contributed by atoms with Gasteiger partial charge in [-0.1, -0.05) is 12.1 Å². The molecule has 0 bridgehead atoms. The number of benzene rings is 2. The Morgan fingerprint density at radius 1 is 1.00 bits per heavy atom. The number of methoxy groups -OCH3 is 1. The van der Waals surface area contributed by atoms with Crippen molar-refractivity contribution in [1.82, 2.24) is 0 Å². The van der Waals surface area contributed by atoms with Gasteiger partial charge in [0.25, 0.3) is 0 Å². The van der Waals surface area contributed by atoms with Crippen molar-refractivity contribution < 1.29 is 18.3 Å². The molecule has 2 rings (SSSR count). The van der Waals surface area contributed by atoms with Crippen LogP contribution in [-0.4, -0.2) is 21.3 Å². The summed E-state index contributed by atoms with van der Waals surface area (Å²) in [5.41, 5.74) is 1.97. The summed E-state index contributed by atoms with van der Waals surface area (Å²) in [7, 11) is 0.839. The van der Waals surface area contributed by atoms with Gasteiger partial charge in [0.2, 0.25) is 0 Å². The van der Waals surface area contributed by atoms with Crippen LogP contribution in [0.5, 0.6) is 5.75 Å². The Bertz CT molecular complexity index is 746. The van der Waals surface area contributed by atoms with Gasteiger partial charge in [0.15, 0.2) is 5.78 Å². The number of ether oxygens (including phenoxy) is 1. The highest BCUT2D eigenvalue weighted by Gasteiger charge is 2.35. The van der Waals surface area contributed by atoms with Crippen LogP contribution in [0.2, 0.25) is 0 Å². The van der Waals surface area contributed by atoms with E-state index in [0.717, 1.165) is 5.56 Å². The molecule has 0 fully saturated rings. The SMILES string of the molecule is COc1ccc(C(Nc2ccc(C#N)cc2)P(=O)(OC)OC)cc1. The summed E-state index contributed by atoms with van der Waals surface area (Å²) in [6, 6.07) is 16.0. The predicted molar refractivity (Wildman–Crippen MR) is 92.1 cm³/mol. The van der Waals surface area contributed by atoms with Crippen molar-refractivity contribution in [2.75, 3.05) is 26.6 Å². The first kappa shape index (κ1) is 18.0. The van der Waals surface area contributed by atoms with E-state index in [2.05, 4.69) is 11.4 Å². The van der Waals surface area contributed by atoms with Gasteiger partial charge in [0.1, 0.15) is 5.75 Å². The van der Waals surface area contributed by atoms with Gasteiger partial charge in [0.05, 0.1) is 18.7 Å². The fourth-order valence-corrected chi connectivity index (χ4v) is 3.63. The van der Waals surface area contributed by atoms with Crippen LogP contribution in [-0.2, 0) is 13.6 Å². The van der Waals surface area contributed by atoms with Gasteiger partial charge in [0, 0.05) is 19.9 Å². The Labute approximate surface area is 141 Å².